The fourth-order valence-corrected chi connectivity index (χ4v) is 6.23. The van der Waals surface area contributed by atoms with E-state index in [1.54, 1.807) is 4.68 Å². The third-order valence-corrected chi connectivity index (χ3v) is 7.81. The van der Waals surface area contributed by atoms with Gasteiger partial charge in [-0.05, 0) is 36.7 Å². The highest BCUT2D eigenvalue weighted by Gasteiger charge is 2.33. The lowest BCUT2D eigenvalue weighted by atomic mass is 10.1. The highest BCUT2D eigenvalue weighted by Crippen LogP contribution is 2.26. The first-order chi connectivity index (χ1) is 15.6. The number of halogens is 2. The molecule has 4 rings (SSSR count). The first-order valence-electron chi connectivity index (χ1n) is 10.8. The zero-order valence-electron chi connectivity index (χ0n) is 18.5. The zero-order chi connectivity index (χ0) is 23.8. The molecule has 1 aliphatic rings. The molecule has 0 bridgehead atoms. The van der Waals surface area contributed by atoms with Gasteiger partial charge < -0.3 is 0 Å². The van der Waals surface area contributed by atoms with Crippen molar-refractivity contribution in [3.8, 4) is 17.1 Å². The predicted molar refractivity (Wildman–Crippen MR) is 126 cm³/mol. The van der Waals surface area contributed by atoms with Crippen LogP contribution in [0, 0.1) is 22.3 Å². The number of hydrogen-bond donors (Lipinski definition) is 0. The monoisotopic (exact) mass is 492 g/mol. The van der Waals surface area contributed by atoms with Crippen LogP contribution in [0.2, 0.25) is 0 Å². The van der Waals surface area contributed by atoms with Gasteiger partial charge in [-0.1, -0.05) is 44.2 Å². The van der Waals surface area contributed by atoms with Gasteiger partial charge >= 0.3 is 0 Å². The first-order valence-corrected chi connectivity index (χ1v) is 13.0. The summed E-state index contributed by atoms with van der Waals surface area (Å²) in [7, 11) is -3.06. The molecule has 1 fully saturated rings. The molecule has 2 heterocycles. The Balaban J connectivity index is 1.80. The molecule has 0 saturated carbocycles. The molecule has 0 spiro atoms. The number of rotatable bonds is 7. The molecule has 1 atom stereocenters. The number of hydrogen-bond acceptors (Lipinski definition) is 5. The van der Waals surface area contributed by atoms with E-state index < -0.39 is 21.5 Å². The van der Waals surface area contributed by atoms with Crippen LogP contribution >= 0.6 is 12.2 Å². The molecule has 10 heteroatoms. The summed E-state index contributed by atoms with van der Waals surface area (Å²) >= 11 is 5.70. The number of nitrogens with zero attached hydrogens (tertiary/aromatic N) is 4. The lowest BCUT2D eigenvalue weighted by molar-refractivity contribution is 0.137. The van der Waals surface area contributed by atoms with Crippen LogP contribution in [0.3, 0.4) is 0 Å². The average molecular weight is 493 g/mol. The molecule has 33 heavy (non-hydrogen) atoms. The second-order valence-corrected chi connectivity index (χ2v) is 11.4. The predicted octanol–water partition coefficient (Wildman–Crippen LogP) is 4.45. The quantitative estimate of drug-likeness (QED) is 0.456. The van der Waals surface area contributed by atoms with Gasteiger partial charge in [0.15, 0.2) is 15.7 Å². The van der Waals surface area contributed by atoms with Crippen LogP contribution in [0.4, 0.5) is 8.78 Å². The van der Waals surface area contributed by atoms with Crippen molar-refractivity contribution in [3.05, 3.63) is 64.9 Å². The maximum absolute atomic E-state index is 14.8. The second-order valence-electron chi connectivity index (χ2n) is 8.77. The van der Waals surface area contributed by atoms with Crippen molar-refractivity contribution in [1.29, 1.82) is 0 Å². The smallest absolute Gasteiger partial charge is 0.204 e. The summed E-state index contributed by atoms with van der Waals surface area (Å²) in [6, 6.07) is 12.4. The van der Waals surface area contributed by atoms with Gasteiger partial charge in [0.25, 0.3) is 0 Å². The van der Waals surface area contributed by atoms with Gasteiger partial charge in [-0.3, -0.25) is 9.47 Å². The van der Waals surface area contributed by atoms with Crippen molar-refractivity contribution in [2.24, 2.45) is 5.92 Å². The summed E-state index contributed by atoms with van der Waals surface area (Å²) < 4.78 is 55.9. The van der Waals surface area contributed by atoms with E-state index in [1.165, 1.54) is 16.7 Å². The topological polar surface area (TPSA) is 60.1 Å². The number of sulfone groups is 1. The lowest BCUT2D eigenvalue weighted by Crippen LogP contribution is -2.40. The third-order valence-electron chi connectivity index (χ3n) is 5.66. The van der Waals surface area contributed by atoms with E-state index in [0.29, 0.717) is 24.7 Å². The number of aromatic nitrogens is 3. The minimum Gasteiger partial charge on any atom is -0.280 e. The summed E-state index contributed by atoms with van der Waals surface area (Å²) in [6.07, 6.45) is 0.557. The molecule has 0 radical (unpaired) electrons. The minimum atomic E-state index is -3.06. The van der Waals surface area contributed by atoms with Crippen LogP contribution in [0.15, 0.2) is 48.5 Å². The molecule has 1 aromatic heterocycles. The van der Waals surface area contributed by atoms with Gasteiger partial charge in [0, 0.05) is 24.2 Å². The Kier molecular flexibility index (Phi) is 6.78. The van der Waals surface area contributed by atoms with Gasteiger partial charge in [0.2, 0.25) is 4.77 Å². The molecule has 0 aliphatic carbocycles. The SMILES string of the molecule is CC(C)CN(Cn1nc(-c2ccccc2)n(-c2ccc(F)cc2F)c1=S)C1CCS(=O)(=O)C1. The summed E-state index contributed by atoms with van der Waals surface area (Å²) in [5.74, 6) is -0.429. The van der Waals surface area contributed by atoms with E-state index in [0.717, 1.165) is 11.6 Å². The van der Waals surface area contributed by atoms with Gasteiger partial charge in [-0.15, -0.1) is 5.10 Å². The largest absolute Gasteiger partial charge is 0.280 e. The van der Waals surface area contributed by atoms with Crippen molar-refractivity contribution in [2.75, 3.05) is 18.1 Å². The molecule has 1 saturated heterocycles. The minimum absolute atomic E-state index is 0.102. The first kappa shape index (κ1) is 23.7. The molecule has 6 nitrogen and oxygen atoms in total. The molecule has 176 valence electrons. The van der Waals surface area contributed by atoms with Crippen molar-refractivity contribution < 1.29 is 17.2 Å². The highest BCUT2D eigenvalue weighted by molar-refractivity contribution is 7.91. The standard InChI is InChI=1S/C23H26F2N4O2S2/c1-16(2)13-27(19-10-11-33(30,31)14-19)15-28-23(32)29(21-9-8-18(24)12-20(21)25)22(26-28)17-6-4-3-5-7-17/h3-9,12,16,19H,10-11,13-15H2,1-2H3. The van der Waals surface area contributed by atoms with Gasteiger partial charge in [-0.25, -0.2) is 21.9 Å². The van der Waals surface area contributed by atoms with E-state index in [1.807, 2.05) is 30.3 Å². The molecule has 2 aromatic carbocycles. The van der Waals surface area contributed by atoms with Crippen LogP contribution in [0.5, 0.6) is 0 Å². The maximum Gasteiger partial charge on any atom is 0.204 e. The Morgan fingerprint density at radius 1 is 1.18 bits per heavy atom. The summed E-state index contributed by atoms with van der Waals surface area (Å²) in [4.78, 5) is 2.08. The van der Waals surface area contributed by atoms with Crippen LogP contribution < -0.4 is 0 Å². The maximum atomic E-state index is 14.8. The number of benzene rings is 2. The van der Waals surface area contributed by atoms with Gasteiger partial charge in [0.1, 0.15) is 11.6 Å². The lowest BCUT2D eigenvalue weighted by Gasteiger charge is -2.29. The van der Waals surface area contributed by atoms with Crippen LogP contribution in [0.1, 0.15) is 20.3 Å². The van der Waals surface area contributed by atoms with Crippen molar-refractivity contribution in [1.82, 2.24) is 19.2 Å². The van der Waals surface area contributed by atoms with Crippen LogP contribution in [0.25, 0.3) is 17.1 Å². The van der Waals surface area contributed by atoms with Gasteiger partial charge in [0.05, 0.1) is 23.9 Å². The van der Waals surface area contributed by atoms with E-state index in [4.69, 9.17) is 17.3 Å². The molecule has 0 amide bonds. The Bertz CT molecular complexity index is 1300. The molecule has 0 N–H and O–H groups in total. The Morgan fingerprint density at radius 2 is 1.91 bits per heavy atom. The third kappa shape index (κ3) is 5.23. The van der Waals surface area contributed by atoms with Crippen molar-refractivity contribution >= 4 is 22.1 Å². The Labute approximate surface area is 197 Å². The van der Waals surface area contributed by atoms with E-state index >= 15 is 0 Å². The zero-order valence-corrected chi connectivity index (χ0v) is 20.1. The summed E-state index contributed by atoms with van der Waals surface area (Å²) in [5, 5.41) is 4.70. The average Bonchev–Trinajstić information content (AvgIpc) is 3.27. The normalized spacial score (nSPS) is 17.8. The van der Waals surface area contributed by atoms with Crippen LogP contribution in [-0.4, -0.2) is 51.8 Å². The van der Waals surface area contributed by atoms with E-state index in [-0.39, 0.29) is 34.7 Å². The van der Waals surface area contributed by atoms with Crippen molar-refractivity contribution in [2.45, 2.75) is 33.0 Å². The fourth-order valence-electron chi connectivity index (χ4n) is 4.18. The molecule has 1 aliphatic heterocycles. The van der Waals surface area contributed by atoms with Crippen molar-refractivity contribution in [3.63, 3.8) is 0 Å². The highest BCUT2D eigenvalue weighted by atomic mass is 32.2. The Hall–Kier alpha value is -2.43. The van der Waals surface area contributed by atoms with Crippen LogP contribution in [-0.2, 0) is 16.5 Å². The van der Waals surface area contributed by atoms with E-state index in [2.05, 4.69) is 18.7 Å². The summed E-state index contributed by atoms with van der Waals surface area (Å²) in [6.45, 7) is 5.07. The van der Waals surface area contributed by atoms with Gasteiger partial charge in [-0.2, -0.15) is 0 Å². The van der Waals surface area contributed by atoms with E-state index in [9.17, 15) is 17.2 Å². The second kappa shape index (κ2) is 9.44. The molecular formula is C23H26F2N4O2S2. The summed E-state index contributed by atoms with van der Waals surface area (Å²) in [5.41, 5.74) is 0.829. The fraction of sp³-hybridized carbons (Fsp3) is 0.391. The molecule has 1 unspecified atom stereocenters. The molecular weight excluding hydrogens is 466 g/mol. The molecule has 3 aromatic rings. The Morgan fingerprint density at radius 3 is 2.52 bits per heavy atom.